The van der Waals surface area contributed by atoms with E-state index in [1.165, 1.54) is 12.2 Å². The quantitative estimate of drug-likeness (QED) is 0.567. The van der Waals surface area contributed by atoms with E-state index in [1.54, 1.807) is 6.20 Å². The summed E-state index contributed by atoms with van der Waals surface area (Å²) in [7, 11) is 0. The summed E-state index contributed by atoms with van der Waals surface area (Å²) in [6.07, 6.45) is 6.92. The number of aromatic nitrogens is 2. The van der Waals surface area contributed by atoms with Gasteiger partial charge in [0.25, 0.3) is 0 Å². The monoisotopic (exact) mass is 268 g/mol. The van der Waals surface area contributed by atoms with Gasteiger partial charge in [-0.3, -0.25) is 5.84 Å². The number of aromatic amines is 1. The molecule has 2 saturated heterocycles. The topological polar surface area (TPSA) is 76.0 Å². The largest absolute Gasteiger partial charge is 0.374 e. The summed E-state index contributed by atoms with van der Waals surface area (Å²) in [4.78, 5) is 7.50. The van der Waals surface area contributed by atoms with Crippen molar-refractivity contribution in [1.82, 2.24) is 15.4 Å². The molecule has 3 heterocycles. The van der Waals surface area contributed by atoms with E-state index in [-0.39, 0.29) is 11.6 Å². The van der Waals surface area contributed by atoms with Crippen LogP contribution in [-0.4, -0.2) is 33.7 Å². The van der Waals surface area contributed by atoms with Crippen LogP contribution in [0, 0.1) is 5.92 Å². The van der Waals surface area contributed by atoms with E-state index < -0.39 is 0 Å². The third-order valence-electron chi connectivity index (χ3n) is 4.06. The number of imidazole rings is 1. The van der Waals surface area contributed by atoms with Gasteiger partial charge >= 0.3 is 0 Å². The fraction of sp³-hybridized carbons (Fsp3) is 0.750. The van der Waals surface area contributed by atoms with Crippen molar-refractivity contribution >= 4 is 11.8 Å². The molecule has 0 aliphatic carbocycles. The number of hydrogen-bond donors (Lipinski definition) is 3. The van der Waals surface area contributed by atoms with Crippen molar-refractivity contribution in [3.05, 3.63) is 18.2 Å². The van der Waals surface area contributed by atoms with E-state index >= 15 is 0 Å². The van der Waals surface area contributed by atoms with E-state index in [0.29, 0.717) is 5.92 Å². The van der Waals surface area contributed by atoms with Crippen LogP contribution in [-0.2, 0) is 4.74 Å². The Morgan fingerprint density at radius 3 is 3.28 bits per heavy atom. The van der Waals surface area contributed by atoms with Gasteiger partial charge in [0.2, 0.25) is 0 Å². The number of hydrogen-bond acceptors (Lipinski definition) is 5. The van der Waals surface area contributed by atoms with Gasteiger partial charge in [-0.2, -0.15) is 11.8 Å². The molecule has 1 spiro atoms. The maximum Gasteiger partial charge on any atom is 0.124 e. The third kappa shape index (κ3) is 2.30. The summed E-state index contributed by atoms with van der Waals surface area (Å²) < 4.78 is 6.05. The lowest BCUT2D eigenvalue weighted by Crippen LogP contribution is -2.45. The third-order valence-corrected chi connectivity index (χ3v) is 5.29. The molecule has 3 unspecified atom stereocenters. The zero-order valence-corrected chi connectivity index (χ0v) is 11.2. The average Bonchev–Trinajstić information content (AvgIpc) is 3.03. The lowest BCUT2D eigenvalue weighted by molar-refractivity contribution is -0.0858. The number of nitrogens with zero attached hydrogens (tertiary/aromatic N) is 1. The van der Waals surface area contributed by atoms with E-state index in [4.69, 9.17) is 10.6 Å². The fourth-order valence-electron chi connectivity index (χ4n) is 3.10. The predicted octanol–water partition coefficient (Wildman–Crippen LogP) is 1.22. The maximum atomic E-state index is 6.05. The molecule has 100 valence electrons. The average molecular weight is 268 g/mol. The zero-order chi connectivity index (χ0) is 12.4. The highest BCUT2D eigenvalue weighted by atomic mass is 32.2. The van der Waals surface area contributed by atoms with Crippen LogP contribution in [0.5, 0.6) is 0 Å². The maximum absolute atomic E-state index is 6.05. The Balaban J connectivity index is 1.74. The summed E-state index contributed by atoms with van der Waals surface area (Å²) in [5.41, 5.74) is 3.02. The van der Waals surface area contributed by atoms with Crippen LogP contribution in [0.4, 0.5) is 0 Å². The lowest BCUT2D eigenvalue weighted by Gasteiger charge is -2.40. The van der Waals surface area contributed by atoms with Crippen LogP contribution in [0.15, 0.2) is 12.4 Å². The molecule has 2 fully saturated rings. The number of rotatable bonds is 3. The number of nitrogens with two attached hydrogens (primary N) is 1. The molecular formula is C12H20N4OS. The Hall–Kier alpha value is -0.560. The molecule has 0 radical (unpaired) electrons. The highest BCUT2D eigenvalue weighted by Gasteiger charge is 2.43. The Morgan fingerprint density at radius 2 is 2.61 bits per heavy atom. The second-order valence-corrected chi connectivity index (χ2v) is 6.31. The number of ether oxygens (including phenoxy) is 1. The molecule has 0 amide bonds. The highest BCUT2D eigenvalue weighted by Crippen LogP contribution is 2.43. The van der Waals surface area contributed by atoms with Gasteiger partial charge < -0.3 is 9.72 Å². The summed E-state index contributed by atoms with van der Waals surface area (Å²) in [5.74, 6) is 9.50. The summed E-state index contributed by atoms with van der Waals surface area (Å²) in [6, 6.07) is 0.103. The van der Waals surface area contributed by atoms with Crippen molar-refractivity contribution in [2.45, 2.75) is 30.9 Å². The van der Waals surface area contributed by atoms with Crippen LogP contribution < -0.4 is 11.3 Å². The molecular weight excluding hydrogens is 248 g/mol. The van der Waals surface area contributed by atoms with Gasteiger partial charge in [0.1, 0.15) is 5.82 Å². The van der Waals surface area contributed by atoms with Gasteiger partial charge in [0.15, 0.2) is 0 Å². The molecule has 0 saturated carbocycles. The van der Waals surface area contributed by atoms with E-state index in [0.717, 1.165) is 31.0 Å². The second-order valence-electron chi connectivity index (χ2n) is 5.21. The molecule has 6 heteroatoms. The van der Waals surface area contributed by atoms with Crippen LogP contribution in [0.3, 0.4) is 0 Å². The standard InChI is InChI=1S/C12H20N4OS/c13-16-10(11-14-3-4-15-11)9-1-5-17-12(7-9)2-6-18-8-12/h3-4,9-10,16H,1-2,5-8,13H2,(H,14,15). The molecule has 2 aliphatic rings. The van der Waals surface area contributed by atoms with Crippen molar-refractivity contribution in [3.8, 4) is 0 Å². The van der Waals surface area contributed by atoms with Crippen LogP contribution in [0.2, 0.25) is 0 Å². The molecule has 1 aromatic heterocycles. The van der Waals surface area contributed by atoms with Crippen molar-refractivity contribution in [2.75, 3.05) is 18.1 Å². The zero-order valence-electron chi connectivity index (χ0n) is 10.4. The first kappa shape index (κ1) is 12.5. The first-order valence-corrected chi connectivity index (χ1v) is 7.66. The Morgan fingerprint density at radius 1 is 1.67 bits per heavy atom. The Bertz CT molecular complexity index is 377. The van der Waals surface area contributed by atoms with Gasteiger partial charge in [-0.25, -0.2) is 10.4 Å². The highest BCUT2D eigenvalue weighted by molar-refractivity contribution is 7.99. The molecule has 2 aliphatic heterocycles. The second kappa shape index (κ2) is 5.21. The number of H-pyrrole nitrogens is 1. The fourth-order valence-corrected chi connectivity index (χ4v) is 4.48. The van der Waals surface area contributed by atoms with Crippen molar-refractivity contribution in [3.63, 3.8) is 0 Å². The van der Waals surface area contributed by atoms with Gasteiger partial charge in [0, 0.05) is 24.8 Å². The number of thioether (sulfide) groups is 1. The van der Waals surface area contributed by atoms with Gasteiger partial charge in [-0.15, -0.1) is 0 Å². The molecule has 3 atom stereocenters. The number of nitrogens with one attached hydrogen (secondary N) is 2. The molecule has 4 N–H and O–H groups in total. The Kier molecular flexibility index (Phi) is 3.61. The Labute approximate surface area is 111 Å². The van der Waals surface area contributed by atoms with Gasteiger partial charge in [0.05, 0.1) is 11.6 Å². The first-order valence-electron chi connectivity index (χ1n) is 6.50. The lowest BCUT2D eigenvalue weighted by atomic mass is 9.81. The molecule has 5 nitrogen and oxygen atoms in total. The summed E-state index contributed by atoms with van der Waals surface area (Å²) in [5, 5.41) is 0. The van der Waals surface area contributed by atoms with Crippen LogP contribution in [0.1, 0.15) is 31.1 Å². The molecule has 0 bridgehead atoms. The smallest absolute Gasteiger partial charge is 0.124 e. The minimum atomic E-state index is 0.0925. The molecule has 18 heavy (non-hydrogen) atoms. The van der Waals surface area contributed by atoms with E-state index in [1.807, 2.05) is 18.0 Å². The van der Waals surface area contributed by atoms with Gasteiger partial charge in [-0.05, 0) is 30.9 Å². The van der Waals surface area contributed by atoms with Crippen molar-refractivity contribution in [1.29, 1.82) is 0 Å². The van der Waals surface area contributed by atoms with Crippen molar-refractivity contribution in [2.24, 2.45) is 11.8 Å². The van der Waals surface area contributed by atoms with Crippen LogP contribution in [0.25, 0.3) is 0 Å². The van der Waals surface area contributed by atoms with E-state index in [9.17, 15) is 0 Å². The predicted molar refractivity (Wildman–Crippen MR) is 72.0 cm³/mol. The summed E-state index contributed by atoms with van der Waals surface area (Å²) >= 11 is 2.00. The van der Waals surface area contributed by atoms with Crippen LogP contribution >= 0.6 is 11.8 Å². The molecule has 0 aromatic carbocycles. The minimum absolute atomic E-state index is 0.0925. The first-order chi connectivity index (χ1) is 8.83. The number of hydrazine groups is 1. The van der Waals surface area contributed by atoms with Gasteiger partial charge in [-0.1, -0.05) is 0 Å². The molecule has 3 rings (SSSR count). The SMILES string of the molecule is NNC(c1ncc[nH]1)C1CCOC2(CCSC2)C1. The van der Waals surface area contributed by atoms with E-state index in [2.05, 4.69) is 15.4 Å². The summed E-state index contributed by atoms with van der Waals surface area (Å²) in [6.45, 7) is 0.837. The molecule has 1 aromatic rings. The normalized spacial score (nSPS) is 33.9. The van der Waals surface area contributed by atoms with Crippen molar-refractivity contribution < 1.29 is 4.74 Å². The minimum Gasteiger partial charge on any atom is -0.374 e.